The van der Waals surface area contributed by atoms with E-state index >= 15 is 0 Å². The van der Waals surface area contributed by atoms with Gasteiger partial charge in [0.1, 0.15) is 6.10 Å². The molecule has 0 bridgehead atoms. The van der Waals surface area contributed by atoms with Gasteiger partial charge in [0.2, 0.25) is 0 Å². The van der Waals surface area contributed by atoms with Gasteiger partial charge in [0.15, 0.2) is 6.29 Å². The third-order valence-corrected chi connectivity index (χ3v) is 0.985. The molecular formula is C5H8O3. The van der Waals surface area contributed by atoms with Crippen LogP contribution < -0.4 is 0 Å². The van der Waals surface area contributed by atoms with E-state index in [4.69, 9.17) is 14.9 Å². The number of hydrogen-bond donors (Lipinski definition) is 2. The minimum absolute atomic E-state index is 0.0619. The fourth-order valence-corrected chi connectivity index (χ4v) is 0.593. The van der Waals surface area contributed by atoms with E-state index in [1.807, 2.05) is 0 Å². The first-order chi connectivity index (χ1) is 3.83. The summed E-state index contributed by atoms with van der Waals surface area (Å²) < 4.78 is 4.70. The van der Waals surface area contributed by atoms with Gasteiger partial charge in [-0.3, -0.25) is 0 Å². The highest BCUT2D eigenvalue weighted by Gasteiger charge is 2.14. The van der Waals surface area contributed by atoms with Gasteiger partial charge in [0, 0.05) is 0 Å². The molecule has 2 atom stereocenters. The molecule has 3 heteroatoms. The fourth-order valence-electron chi connectivity index (χ4n) is 0.593. The molecule has 1 heterocycles. The van der Waals surface area contributed by atoms with E-state index in [9.17, 15) is 0 Å². The Morgan fingerprint density at radius 1 is 1.50 bits per heavy atom. The highest BCUT2D eigenvalue weighted by atomic mass is 16.6. The van der Waals surface area contributed by atoms with Crippen LogP contribution >= 0.6 is 0 Å². The monoisotopic (exact) mass is 116 g/mol. The lowest BCUT2D eigenvalue weighted by Crippen LogP contribution is -2.14. The molecule has 0 saturated carbocycles. The van der Waals surface area contributed by atoms with Crippen LogP contribution in [0.3, 0.4) is 0 Å². The summed E-state index contributed by atoms with van der Waals surface area (Å²) in [4.78, 5) is 0. The van der Waals surface area contributed by atoms with Crippen molar-refractivity contribution in [3.05, 3.63) is 12.2 Å². The van der Waals surface area contributed by atoms with E-state index in [-0.39, 0.29) is 12.7 Å². The molecule has 0 saturated heterocycles. The third-order valence-electron chi connectivity index (χ3n) is 0.985. The van der Waals surface area contributed by atoms with E-state index in [1.54, 1.807) is 6.08 Å². The molecule has 0 aromatic carbocycles. The highest BCUT2D eigenvalue weighted by Crippen LogP contribution is 2.06. The van der Waals surface area contributed by atoms with Crippen molar-refractivity contribution in [2.45, 2.75) is 12.4 Å². The molecule has 0 amide bonds. The highest BCUT2D eigenvalue weighted by molar-refractivity contribution is 4.97. The van der Waals surface area contributed by atoms with Crippen molar-refractivity contribution in [2.75, 3.05) is 6.61 Å². The van der Waals surface area contributed by atoms with E-state index in [0.29, 0.717) is 0 Å². The smallest absolute Gasteiger partial charge is 0.175 e. The van der Waals surface area contributed by atoms with E-state index in [2.05, 4.69) is 0 Å². The van der Waals surface area contributed by atoms with Gasteiger partial charge in [-0.2, -0.15) is 0 Å². The Bertz CT molecular complexity index is 99.8. The van der Waals surface area contributed by atoms with Crippen molar-refractivity contribution in [3.8, 4) is 0 Å². The van der Waals surface area contributed by atoms with E-state index in [0.717, 1.165) is 0 Å². The summed E-state index contributed by atoms with van der Waals surface area (Å²) in [7, 11) is 0. The van der Waals surface area contributed by atoms with Crippen molar-refractivity contribution in [3.63, 3.8) is 0 Å². The topological polar surface area (TPSA) is 49.7 Å². The second kappa shape index (κ2) is 2.26. The molecule has 2 N–H and O–H groups in total. The van der Waals surface area contributed by atoms with Crippen LogP contribution in [0.15, 0.2) is 12.2 Å². The Morgan fingerprint density at radius 3 is 2.50 bits per heavy atom. The summed E-state index contributed by atoms with van der Waals surface area (Å²) in [6, 6.07) is 0. The van der Waals surface area contributed by atoms with Crippen LogP contribution in [0.5, 0.6) is 0 Å². The summed E-state index contributed by atoms with van der Waals surface area (Å²) >= 11 is 0. The summed E-state index contributed by atoms with van der Waals surface area (Å²) in [5.74, 6) is 0. The SMILES string of the molecule is OCC1C=C[C@H](O)O1. The predicted octanol–water partition coefficient (Wildman–Crippen LogP) is -0.748. The molecule has 0 aromatic heterocycles. The first-order valence-electron chi connectivity index (χ1n) is 2.45. The molecule has 0 aromatic rings. The molecule has 1 aliphatic rings. The lowest BCUT2D eigenvalue weighted by molar-refractivity contribution is -0.0857. The van der Waals surface area contributed by atoms with Crippen LogP contribution in [0.1, 0.15) is 0 Å². The first kappa shape index (κ1) is 5.75. The zero-order valence-electron chi connectivity index (χ0n) is 4.32. The minimum Gasteiger partial charge on any atom is -0.393 e. The number of aliphatic hydroxyl groups is 2. The number of hydrogen-bond acceptors (Lipinski definition) is 3. The van der Waals surface area contributed by atoms with Gasteiger partial charge in [-0.15, -0.1) is 0 Å². The molecule has 0 fully saturated rings. The Balaban J connectivity index is 2.34. The largest absolute Gasteiger partial charge is 0.393 e. The molecular weight excluding hydrogens is 108 g/mol. The summed E-state index contributed by atoms with van der Waals surface area (Å²) in [5.41, 5.74) is 0. The van der Waals surface area contributed by atoms with Gasteiger partial charge >= 0.3 is 0 Å². The summed E-state index contributed by atoms with van der Waals surface area (Å²) in [6.45, 7) is -0.0619. The van der Waals surface area contributed by atoms with Crippen LogP contribution in [0.4, 0.5) is 0 Å². The lowest BCUT2D eigenvalue weighted by atomic mass is 10.4. The van der Waals surface area contributed by atoms with Crippen molar-refractivity contribution in [2.24, 2.45) is 0 Å². The van der Waals surface area contributed by atoms with Crippen molar-refractivity contribution in [1.29, 1.82) is 0 Å². The maximum absolute atomic E-state index is 8.61. The normalized spacial score (nSPS) is 36.2. The maximum atomic E-state index is 8.61. The van der Waals surface area contributed by atoms with E-state index < -0.39 is 6.29 Å². The van der Waals surface area contributed by atoms with Gasteiger partial charge in [-0.25, -0.2) is 0 Å². The quantitative estimate of drug-likeness (QED) is 0.443. The lowest BCUT2D eigenvalue weighted by Gasteiger charge is -2.04. The van der Waals surface area contributed by atoms with Crippen LogP contribution in [-0.4, -0.2) is 29.2 Å². The van der Waals surface area contributed by atoms with Crippen LogP contribution in [0.2, 0.25) is 0 Å². The molecule has 3 nitrogen and oxygen atoms in total. The molecule has 1 aliphatic heterocycles. The first-order valence-corrected chi connectivity index (χ1v) is 2.45. The molecule has 0 spiro atoms. The van der Waals surface area contributed by atoms with Crippen LogP contribution in [-0.2, 0) is 4.74 Å². The maximum Gasteiger partial charge on any atom is 0.175 e. The van der Waals surface area contributed by atoms with Crippen molar-refractivity contribution in [1.82, 2.24) is 0 Å². The summed E-state index contributed by atoms with van der Waals surface area (Å²) in [6.07, 6.45) is 2.02. The van der Waals surface area contributed by atoms with Crippen LogP contribution in [0.25, 0.3) is 0 Å². The van der Waals surface area contributed by atoms with Gasteiger partial charge in [0.25, 0.3) is 0 Å². The summed E-state index contributed by atoms with van der Waals surface area (Å²) in [5, 5.41) is 17.0. The van der Waals surface area contributed by atoms with E-state index in [1.165, 1.54) is 6.08 Å². The second-order valence-corrected chi connectivity index (χ2v) is 1.63. The average Bonchev–Trinajstić information content (AvgIpc) is 2.14. The molecule has 8 heavy (non-hydrogen) atoms. The third kappa shape index (κ3) is 1.06. The standard InChI is InChI=1S/C5H8O3/c6-3-4-1-2-5(7)8-4/h1-2,4-7H,3H2/t4?,5-/m1/s1. The second-order valence-electron chi connectivity index (χ2n) is 1.63. The molecule has 1 rings (SSSR count). The van der Waals surface area contributed by atoms with Gasteiger partial charge in [-0.1, -0.05) is 6.08 Å². The Labute approximate surface area is 47.2 Å². The zero-order valence-corrected chi connectivity index (χ0v) is 4.32. The van der Waals surface area contributed by atoms with Crippen LogP contribution in [0, 0.1) is 0 Å². The minimum atomic E-state index is -0.813. The number of rotatable bonds is 1. The molecule has 1 unspecified atom stereocenters. The van der Waals surface area contributed by atoms with Gasteiger partial charge < -0.3 is 14.9 Å². The molecule has 46 valence electrons. The van der Waals surface area contributed by atoms with Gasteiger partial charge in [-0.05, 0) is 6.08 Å². The van der Waals surface area contributed by atoms with Gasteiger partial charge in [0.05, 0.1) is 6.61 Å². The van der Waals surface area contributed by atoms with Crippen molar-refractivity contribution < 1.29 is 14.9 Å². The Morgan fingerprint density at radius 2 is 2.25 bits per heavy atom. The fraction of sp³-hybridized carbons (Fsp3) is 0.600. The number of aliphatic hydroxyl groups excluding tert-OH is 2. The molecule has 0 aliphatic carbocycles. The van der Waals surface area contributed by atoms with Crippen molar-refractivity contribution >= 4 is 0 Å². The predicted molar refractivity (Wildman–Crippen MR) is 27.1 cm³/mol. The molecule has 0 radical (unpaired) electrons. The zero-order chi connectivity index (χ0) is 5.98. The Kier molecular flexibility index (Phi) is 1.62. The Hall–Kier alpha value is -0.380. The number of ether oxygens (including phenoxy) is 1. The average molecular weight is 116 g/mol.